The molecule has 0 unspecified atom stereocenters. The van der Waals surface area contributed by atoms with Crippen LogP contribution in [0.3, 0.4) is 0 Å². The van der Waals surface area contributed by atoms with Gasteiger partial charge in [0.05, 0.1) is 25.7 Å². The molecule has 0 spiro atoms. The maximum absolute atomic E-state index is 14.1. The Balaban J connectivity index is 1.43. The van der Waals surface area contributed by atoms with Gasteiger partial charge in [0.1, 0.15) is 18.5 Å². The fourth-order valence-electron chi connectivity index (χ4n) is 6.53. The first-order valence-electron chi connectivity index (χ1n) is 14.2. The third-order valence-electron chi connectivity index (χ3n) is 8.55. The number of hydrogen-bond donors (Lipinski definition) is 3. The summed E-state index contributed by atoms with van der Waals surface area (Å²) in [5.41, 5.74) is 1.94. The largest absolute Gasteiger partial charge is 0.493 e. The predicted octanol–water partition coefficient (Wildman–Crippen LogP) is 2.08. The number of amides is 2. The molecule has 11 nitrogen and oxygen atoms in total. The second-order valence-electron chi connectivity index (χ2n) is 11.0. The molecule has 0 aromatic heterocycles. The second-order valence-corrected chi connectivity index (χ2v) is 11.0. The number of benzene rings is 2. The number of aliphatic hydroxyl groups is 2. The molecule has 1 fully saturated rings. The van der Waals surface area contributed by atoms with E-state index in [1.54, 1.807) is 23.1 Å². The van der Waals surface area contributed by atoms with Crippen molar-refractivity contribution in [3.05, 3.63) is 58.7 Å². The summed E-state index contributed by atoms with van der Waals surface area (Å²) in [6.45, 7) is 0.0503. The molecular weight excluding hydrogens is 544 g/mol. The van der Waals surface area contributed by atoms with Gasteiger partial charge in [-0.05, 0) is 48.7 Å². The van der Waals surface area contributed by atoms with Crippen molar-refractivity contribution >= 4 is 18.1 Å². The normalized spacial score (nSPS) is 23.8. The SMILES string of the molecule is COc1cc(C=O)cc2c1O[C@@H]1[C@@H](O)[C@H](N(Cc3ccc4c(c3)OCO4)C(=O)C3CCCC3)C=C(C(=O)NCCO)[C@H]21. The Kier molecular flexibility index (Phi) is 7.78. The highest BCUT2D eigenvalue weighted by Gasteiger charge is 2.52. The van der Waals surface area contributed by atoms with Crippen LogP contribution in [0.25, 0.3) is 0 Å². The van der Waals surface area contributed by atoms with Crippen LogP contribution in [0.1, 0.15) is 53.1 Å². The molecule has 2 aliphatic heterocycles. The van der Waals surface area contributed by atoms with E-state index in [9.17, 15) is 24.6 Å². The third-order valence-corrected chi connectivity index (χ3v) is 8.55. The number of methoxy groups -OCH3 is 1. The quantitative estimate of drug-likeness (QED) is 0.381. The minimum Gasteiger partial charge on any atom is -0.493 e. The molecule has 4 aliphatic rings. The number of nitrogens with zero attached hydrogens (tertiary/aromatic N) is 1. The van der Waals surface area contributed by atoms with E-state index in [0.717, 1.165) is 31.2 Å². The average Bonchev–Trinajstić information content (AvgIpc) is 3.78. The molecule has 0 saturated heterocycles. The summed E-state index contributed by atoms with van der Waals surface area (Å²) in [6.07, 6.45) is 3.59. The van der Waals surface area contributed by atoms with E-state index >= 15 is 0 Å². The van der Waals surface area contributed by atoms with Gasteiger partial charge in [0.2, 0.25) is 18.6 Å². The van der Waals surface area contributed by atoms with E-state index < -0.39 is 30.1 Å². The first-order chi connectivity index (χ1) is 20.4. The summed E-state index contributed by atoms with van der Waals surface area (Å²) in [5, 5.41) is 24.0. The van der Waals surface area contributed by atoms with Gasteiger partial charge in [-0.15, -0.1) is 0 Å². The van der Waals surface area contributed by atoms with Crippen LogP contribution in [0, 0.1) is 5.92 Å². The van der Waals surface area contributed by atoms with Gasteiger partial charge in [0, 0.05) is 35.7 Å². The van der Waals surface area contributed by atoms with Crippen molar-refractivity contribution < 1.29 is 43.5 Å². The number of carbonyl (C=O) groups excluding carboxylic acids is 3. The first-order valence-corrected chi connectivity index (χ1v) is 14.2. The van der Waals surface area contributed by atoms with Crippen LogP contribution in [0.5, 0.6) is 23.0 Å². The number of carbonyl (C=O) groups is 3. The summed E-state index contributed by atoms with van der Waals surface area (Å²) in [6, 6.07) is 7.74. The summed E-state index contributed by atoms with van der Waals surface area (Å²) < 4.78 is 22.8. The highest BCUT2D eigenvalue weighted by atomic mass is 16.7. The minimum atomic E-state index is -1.21. The zero-order valence-electron chi connectivity index (χ0n) is 23.3. The molecule has 42 heavy (non-hydrogen) atoms. The van der Waals surface area contributed by atoms with Crippen molar-refractivity contribution in [2.24, 2.45) is 5.92 Å². The zero-order valence-corrected chi connectivity index (χ0v) is 23.3. The fraction of sp³-hybridized carbons (Fsp3) is 0.452. The van der Waals surface area contributed by atoms with E-state index in [1.807, 2.05) is 12.1 Å². The Morgan fingerprint density at radius 1 is 1.14 bits per heavy atom. The highest BCUT2D eigenvalue weighted by Crippen LogP contribution is 2.51. The van der Waals surface area contributed by atoms with Crippen LogP contribution in [-0.4, -0.2) is 78.5 Å². The maximum Gasteiger partial charge on any atom is 0.247 e. The molecule has 0 radical (unpaired) electrons. The topological polar surface area (TPSA) is 144 Å². The summed E-state index contributed by atoms with van der Waals surface area (Å²) in [5.74, 6) is 0.363. The highest BCUT2D eigenvalue weighted by molar-refractivity contribution is 5.96. The third kappa shape index (κ3) is 4.96. The van der Waals surface area contributed by atoms with Crippen LogP contribution < -0.4 is 24.3 Å². The minimum absolute atomic E-state index is 0.0219. The lowest BCUT2D eigenvalue weighted by Gasteiger charge is -2.41. The molecule has 2 heterocycles. The standard InChI is InChI=1S/C31H34N2O9/c1-39-25-12-18(15-35)10-20-26-21(30(37)32-8-9-34)13-22(27(36)29(26)42-28(20)25)33(31(38)19-4-2-3-5-19)14-17-6-7-23-24(11-17)41-16-40-23/h6-7,10-13,15,19,22,26-27,29,34,36H,2-5,8-9,14,16H2,1H3,(H,32,37)/t22-,26+,27+,29+/m1/s1. The summed E-state index contributed by atoms with van der Waals surface area (Å²) in [7, 11) is 1.45. The molecule has 1 saturated carbocycles. The maximum atomic E-state index is 14.1. The Morgan fingerprint density at radius 3 is 2.67 bits per heavy atom. The van der Waals surface area contributed by atoms with Gasteiger partial charge in [-0.1, -0.05) is 18.9 Å². The fourth-order valence-corrected chi connectivity index (χ4v) is 6.53. The van der Waals surface area contributed by atoms with Crippen LogP contribution in [0.15, 0.2) is 42.0 Å². The molecule has 2 aromatic rings. The molecule has 0 bridgehead atoms. The van der Waals surface area contributed by atoms with Crippen molar-refractivity contribution in [3.8, 4) is 23.0 Å². The number of fused-ring (bicyclic) bond motifs is 4. The van der Waals surface area contributed by atoms with E-state index in [-0.39, 0.29) is 43.9 Å². The number of hydrogen-bond acceptors (Lipinski definition) is 9. The van der Waals surface area contributed by atoms with Crippen LogP contribution in [-0.2, 0) is 16.1 Å². The van der Waals surface area contributed by atoms with Gasteiger partial charge < -0.3 is 39.4 Å². The molecule has 6 rings (SSSR count). The van der Waals surface area contributed by atoms with Gasteiger partial charge in [-0.2, -0.15) is 0 Å². The van der Waals surface area contributed by atoms with Crippen LogP contribution >= 0.6 is 0 Å². The van der Waals surface area contributed by atoms with E-state index in [4.69, 9.17) is 18.9 Å². The number of aliphatic hydroxyl groups excluding tert-OH is 2. The molecule has 2 aliphatic carbocycles. The second kappa shape index (κ2) is 11.7. The molecule has 2 aromatic carbocycles. The van der Waals surface area contributed by atoms with Gasteiger partial charge in [-0.25, -0.2) is 0 Å². The Morgan fingerprint density at radius 2 is 1.93 bits per heavy atom. The lowest BCUT2D eigenvalue weighted by molar-refractivity contribution is -0.142. The van der Waals surface area contributed by atoms with Crippen molar-refractivity contribution in [3.63, 3.8) is 0 Å². The number of ether oxygens (including phenoxy) is 4. The van der Waals surface area contributed by atoms with Crippen molar-refractivity contribution in [1.29, 1.82) is 0 Å². The molecule has 222 valence electrons. The molecule has 2 amide bonds. The van der Waals surface area contributed by atoms with E-state index in [0.29, 0.717) is 40.4 Å². The summed E-state index contributed by atoms with van der Waals surface area (Å²) in [4.78, 5) is 41.0. The number of nitrogens with one attached hydrogen (secondary N) is 1. The van der Waals surface area contributed by atoms with E-state index in [2.05, 4.69) is 5.32 Å². The lowest BCUT2D eigenvalue weighted by atomic mass is 9.77. The average molecular weight is 579 g/mol. The number of aldehydes is 1. The Hall–Kier alpha value is -4.09. The number of rotatable bonds is 9. The smallest absolute Gasteiger partial charge is 0.247 e. The van der Waals surface area contributed by atoms with Crippen molar-refractivity contribution in [2.75, 3.05) is 27.1 Å². The van der Waals surface area contributed by atoms with Crippen molar-refractivity contribution in [1.82, 2.24) is 10.2 Å². The molecular formula is C31H34N2O9. The molecule has 4 atom stereocenters. The predicted molar refractivity (Wildman–Crippen MR) is 149 cm³/mol. The summed E-state index contributed by atoms with van der Waals surface area (Å²) >= 11 is 0. The van der Waals surface area contributed by atoms with Gasteiger partial charge in [0.25, 0.3) is 0 Å². The molecule has 3 N–H and O–H groups in total. The molecule has 11 heteroatoms. The van der Waals surface area contributed by atoms with Crippen LogP contribution in [0.2, 0.25) is 0 Å². The zero-order chi connectivity index (χ0) is 29.4. The van der Waals surface area contributed by atoms with E-state index in [1.165, 1.54) is 13.2 Å². The monoisotopic (exact) mass is 578 g/mol. The Bertz CT molecular complexity index is 1420. The first kappa shape index (κ1) is 28.0. The van der Waals surface area contributed by atoms with Crippen LogP contribution in [0.4, 0.5) is 0 Å². The van der Waals surface area contributed by atoms with Crippen molar-refractivity contribution in [2.45, 2.75) is 56.4 Å². The lowest BCUT2D eigenvalue weighted by Crippen LogP contribution is -2.56. The Labute approximate surface area is 243 Å². The van der Waals surface area contributed by atoms with Gasteiger partial charge in [-0.3, -0.25) is 14.4 Å². The van der Waals surface area contributed by atoms with Gasteiger partial charge >= 0.3 is 0 Å². The van der Waals surface area contributed by atoms with Gasteiger partial charge in [0.15, 0.2) is 23.0 Å².